The van der Waals surface area contributed by atoms with E-state index in [1.54, 1.807) is 30.3 Å². The van der Waals surface area contributed by atoms with E-state index in [-0.39, 0.29) is 39.6 Å². The Morgan fingerprint density at radius 1 is 0.696 bits per heavy atom. The van der Waals surface area contributed by atoms with Crippen molar-refractivity contribution in [1.29, 1.82) is 0 Å². The number of halogens is 2. The van der Waals surface area contributed by atoms with Crippen molar-refractivity contribution in [3.8, 4) is 0 Å². The minimum absolute atomic E-state index is 0.0110. The molecule has 6 atom stereocenters. The number of hydrogen-bond acceptors (Lipinski definition) is 9. The molecule has 1 unspecified atom stereocenters. The van der Waals surface area contributed by atoms with Crippen LogP contribution in [-0.4, -0.2) is 73.6 Å². The first kappa shape index (κ1) is 41.9. The monoisotopic (exact) mass is 774 g/mol. The highest BCUT2D eigenvalue weighted by Gasteiger charge is 2.58. The second-order valence-electron chi connectivity index (χ2n) is 13.3. The van der Waals surface area contributed by atoms with E-state index >= 15 is 8.78 Å². The van der Waals surface area contributed by atoms with Crippen LogP contribution in [0.3, 0.4) is 0 Å². The Labute approximate surface area is 325 Å². The Balaban J connectivity index is 1.46. The minimum atomic E-state index is -3.90. The van der Waals surface area contributed by atoms with Crippen molar-refractivity contribution in [3.63, 3.8) is 0 Å². The number of esters is 1. The number of hydrogen-bond donors (Lipinski definition) is 2. The number of ether oxygens (including phenoxy) is 6. The molecule has 2 amide bonds. The molecular weight excluding hydrogens is 726 g/mol. The standard InChI is InChI=1S/C43H48F2N2O9/c1-3-52-41(49)35(47-42(50)55-28-34-22-14-7-15-23-34)24-43(44,45)40-37(46-30(2)48)39(54-27-33-20-12-6-13-21-33)38(53-26-32-18-10-5-11-19-32)36(56-40)29-51-25-31-16-8-4-9-17-31/h4-23,35-40H,3,24-29H2,1-2H3,(H,46,48)(H,47,50)/t35?,36-,37-,38+,39-,40+/m1/s1. The third-order valence-corrected chi connectivity index (χ3v) is 8.99. The molecular formula is C43H48F2N2O9. The van der Waals surface area contributed by atoms with E-state index in [4.69, 9.17) is 28.4 Å². The van der Waals surface area contributed by atoms with Gasteiger partial charge in [-0.05, 0) is 29.2 Å². The van der Waals surface area contributed by atoms with Crippen LogP contribution in [0.4, 0.5) is 13.6 Å². The molecule has 56 heavy (non-hydrogen) atoms. The van der Waals surface area contributed by atoms with Crippen LogP contribution in [0.2, 0.25) is 0 Å². The molecule has 4 aromatic carbocycles. The van der Waals surface area contributed by atoms with Gasteiger partial charge >= 0.3 is 12.1 Å². The van der Waals surface area contributed by atoms with Gasteiger partial charge in [0, 0.05) is 13.3 Å². The first-order valence-electron chi connectivity index (χ1n) is 18.5. The lowest BCUT2D eigenvalue weighted by Crippen LogP contribution is -2.69. The molecule has 4 aromatic rings. The smallest absolute Gasteiger partial charge is 0.408 e. The Kier molecular flexibility index (Phi) is 15.9. The zero-order valence-electron chi connectivity index (χ0n) is 31.4. The SMILES string of the molecule is CCOC(=O)C(CC(F)(F)[C@H]1O[C@H](COCc2ccccc2)[C@H](OCc2ccccc2)[C@H](OCc2ccccc2)[C@H]1NC(C)=O)NC(=O)OCc1ccccc1. The van der Waals surface area contributed by atoms with Crippen molar-refractivity contribution in [2.45, 2.75) is 89.1 Å². The molecule has 1 aliphatic heterocycles. The number of carbonyl (C=O) groups excluding carboxylic acids is 3. The highest BCUT2D eigenvalue weighted by Crippen LogP contribution is 2.38. The van der Waals surface area contributed by atoms with Gasteiger partial charge in [-0.2, -0.15) is 0 Å². The van der Waals surface area contributed by atoms with Gasteiger partial charge in [-0.3, -0.25) is 4.79 Å². The van der Waals surface area contributed by atoms with Gasteiger partial charge in [0.2, 0.25) is 5.91 Å². The lowest BCUT2D eigenvalue weighted by Gasteiger charge is -2.48. The van der Waals surface area contributed by atoms with Crippen molar-refractivity contribution >= 4 is 18.0 Å². The summed E-state index contributed by atoms with van der Waals surface area (Å²) in [6.45, 7) is 2.44. The number of carbonyl (C=O) groups is 3. The Bertz CT molecular complexity index is 1790. The number of benzene rings is 4. The minimum Gasteiger partial charge on any atom is -0.464 e. The van der Waals surface area contributed by atoms with Gasteiger partial charge in [0.25, 0.3) is 5.92 Å². The van der Waals surface area contributed by atoms with Crippen LogP contribution in [0.1, 0.15) is 42.5 Å². The van der Waals surface area contributed by atoms with E-state index in [0.717, 1.165) is 16.7 Å². The number of alkyl carbamates (subject to hydrolysis) is 1. The normalized spacial score (nSPS) is 20.0. The Morgan fingerprint density at radius 2 is 1.18 bits per heavy atom. The summed E-state index contributed by atoms with van der Waals surface area (Å²) in [6.07, 6.45) is -7.82. The fraction of sp³-hybridized carbons (Fsp3) is 0.372. The average molecular weight is 775 g/mol. The molecule has 0 spiro atoms. The predicted octanol–water partition coefficient (Wildman–Crippen LogP) is 6.53. The van der Waals surface area contributed by atoms with Crippen LogP contribution in [0.25, 0.3) is 0 Å². The zero-order chi connectivity index (χ0) is 39.8. The van der Waals surface area contributed by atoms with Crippen molar-refractivity contribution < 1.29 is 51.6 Å². The molecule has 0 radical (unpaired) electrons. The van der Waals surface area contributed by atoms with Gasteiger partial charge in [0.15, 0.2) is 0 Å². The molecule has 0 aromatic heterocycles. The molecule has 2 N–H and O–H groups in total. The summed E-state index contributed by atoms with van der Waals surface area (Å²) in [7, 11) is 0. The summed E-state index contributed by atoms with van der Waals surface area (Å²) in [5.74, 6) is -5.62. The summed E-state index contributed by atoms with van der Waals surface area (Å²) in [5.41, 5.74) is 3.07. The average Bonchev–Trinajstić information content (AvgIpc) is 3.20. The molecule has 0 saturated carbocycles. The van der Waals surface area contributed by atoms with E-state index in [2.05, 4.69) is 10.6 Å². The number of amides is 2. The van der Waals surface area contributed by atoms with E-state index in [1.165, 1.54) is 13.8 Å². The number of alkyl halides is 2. The second-order valence-corrected chi connectivity index (χ2v) is 13.3. The van der Waals surface area contributed by atoms with E-state index in [9.17, 15) is 14.4 Å². The predicted molar refractivity (Wildman–Crippen MR) is 202 cm³/mol. The van der Waals surface area contributed by atoms with E-state index < -0.39 is 66.8 Å². The van der Waals surface area contributed by atoms with Crippen molar-refractivity contribution in [2.75, 3.05) is 13.2 Å². The van der Waals surface area contributed by atoms with Crippen LogP contribution in [-0.2, 0) is 64.4 Å². The van der Waals surface area contributed by atoms with Crippen LogP contribution in [0.15, 0.2) is 121 Å². The summed E-state index contributed by atoms with van der Waals surface area (Å²) in [4.78, 5) is 38.7. The zero-order valence-corrected chi connectivity index (χ0v) is 31.4. The maximum Gasteiger partial charge on any atom is 0.408 e. The highest BCUT2D eigenvalue weighted by atomic mass is 19.3. The largest absolute Gasteiger partial charge is 0.464 e. The second kappa shape index (κ2) is 21.2. The first-order valence-corrected chi connectivity index (χ1v) is 18.5. The summed E-state index contributed by atoms with van der Waals surface area (Å²) >= 11 is 0. The molecule has 0 bridgehead atoms. The molecule has 1 fully saturated rings. The fourth-order valence-electron chi connectivity index (χ4n) is 6.36. The molecule has 1 heterocycles. The van der Waals surface area contributed by atoms with Gasteiger partial charge in [0.1, 0.15) is 37.1 Å². The molecule has 0 aliphatic carbocycles. The molecule has 1 saturated heterocycles. The van der Waals surface area contributed by atoms with Crippen molar-refractivity contribution in [3.05, 3.63) is 144 Å². The topological polar surface area (TPSA) is 131 Å². The fourth-order valence-corrected chi connectivity index (χ4v) is 6.36. The lowest BCUT2D eigenvalue weighted by molar-refractivity contribution is -0.275. The Hall–Kier alpha value is -5.21. The maximum absolute atomic E-state index is 17.0. The van der Waals surface area contributed by atoms with E-state index in [1.807, 2.05) is 91.0 Å². The summed E-state index contributed by atoms with van der Waals surface area (Å²) in [6, 6.07) is 33.1. The molecule has 11 nitrogen and oxygen atoms in total. The van der Waals surface area contributed by atoms with Gasteiger partial charge in [-0.15, -0.1) is 0 Å². The van der Waals surface area contributed by atoms with Crippen molar-refractivity contribution in [2.24, 2.45) is 0 Å². The van der Waals surface area contributed by atoms with Gasteiger partial charge < -0.3 is 39.1 Å². The van der Waals surface area contributed by atoms with Crippen LogP contribution in [0, 0.1) is 0 Å². The molecule has 13 heteroatoms. The number of rotatable bonds is 19. The maximum atomic E-state index is 17.0. The quantitative estimate of drug-likeness (QED) is 0.102. The van der Waals surface area contributed by atoms with Crippen LogP contribution < -0.4 is 10.6 Å². The molecule has 1 aliphatic rings. The molecule has 298 valence electrons. The highest BCUT2D eigenvalue weighted by molar-refractivity contribution is 5.81. The van der Waals surface area contributed by atoms with Gasteiger partial charge in [0.05, 0.1) is 39.1 Å². The third-order valence-electron chi connectivity index (χ3n) is 8.99. The number of nitrogens with one attached hydrogen (secondary N) is 2. The van der Waals surface area contributed by atoms with Crippen molar-refractivity contribution in [1.82, 2.24) is 10.6 Å². The van der Waals surface area contributed by atoms with Gasteiger partial charge in [-0.1, -0.05) is 121 Å². The van der Waals surface area contributed by atoms with Gasteiger partial charge in [-0.25, -0.2) is 18.4 Å². The lowest BCUT2D eigenvalue weighted by atomic mass is 9.86. The van der Waals surface area contributed by atoms with Crippen LogP contribution >= 0.6 is 0 Å². The third kappa shape index (κ3) is 12.7. The molecule has 5 rings (SSSR count). The first-order chi connectivity index (χ1) is 27.1. The summed E-state index contributed by atoms with van der Waals surface area (Å²) in [5, 5.41) is 4.90. The summed E-state index contributed by atoms with van der Waals surface area (Å²) < 4.78 is 69.6. The van der Waals surface area contributed by atoms with E-state index in [0.29, 0.717) is 5.56 Å². The Morgan fingerprint density at radius 3 is 1.68 bits per heavy atom. The van der Waals surface area contributed by atoms with Crippen LogP contribution in [0.5, 0.6) is 0 Å².